The summed E-state index contributed by atoms with van der Waals surface area (Å²) in [6, 6.07) is 0. The van der Waals surface area contributed by atoms with E-state index in [-0.39, 0.29) is 25.3 Å². The van der Waals surface area contributed by atoms with Crippen molar-refractivity contribution in [3.8, 4) is 0 Å². The third-order valence-corrected chi connectivity index (χ3v) is 1.95. The minimum absolute atomic E-state index is 0. The number of carboxylic acids is 1. The monoisotopic (exact) mass is 192 g/mol. The van der Waals surface area contributed by atoms with Gasteiger partial charge in [0.2, 0.25) is 0 Å². The van der Waals surface area contributed by atoms with E-state index in [0.717, 1.165) is 44.8 Å². The van der Waals surface area contributed by atoms with Crippen LogP contribution < -0.4 is 24.0 Å². The smallest absolute Gasteiger partial charge is 0.550 e. The molecule has 0 unspecified atom stereocenters. The van der Waals surface area contributed by atoms with Gasteiger partial charge in [0, 0.05) is 12.4 Å². The third-order valence-electron chi connectivity index (χ3n) is 1.95. The summed E-state index contributed by atoms with van der Waals surface area (Å²) in [4.78, 5) is 20.0. The van der Waals surface area contributed by atoms with Gasteiger partial charge in [-0.15, -0.1) is 0 Å². The van der Waals surface area contributed by atoms with Crippen LogP contribution in [-0.2, 0) is 9.59 Å². The summed E-state index contributed by atoms with van der Waals surface area (Å²) in [6.07, 6.45) is 7.63. The third kappa shape index (κ3) is 14.3. The maximum absolute atomic E-state index is 10.0. The Labute approximate surface area is 97.4 Å². The zero-order chi connectivity index (χ0) is 9.94. The van der Waals surface area contributed by atoms with Gasteiger partial charge < -0.3 is 14.7 Å². The van der Waals surface area contributed by atoms with Gasteiger partial charge in [-0.1, -0.05) is 25.7 Å². The molecule has 0 amide bonds. The van der Waals surface area contributed by atoms with E-state index in [1.807, 2.05) is 0 Å². The van der Waals surface area contributed by atoms with Crippen LogP contribution in [-0.4, -0.2) is 12.3 Å². The fourth-order valence-corrected chi connectivity index (χ4v) is 1.20. The molecule has 14 heavy (non-hydrogen) atoms. The number of hydrogen-bond acceptors (Lipinski definition) is 3. The first-order valence-electron chi connectivity index (χ1n) is 4.91. The molecule has 0 radical (unpaired) electrons. The number of carbonyl (C=O) groups is 2. The summed E-state index contributed by atoms with van der Waals surface area (Å²) in [5, 5.41) is 10.0. The van der Waals surface area contributed by atoms with E-state index in [1.54, 1.807) is 0 Å². The fraction of sp³-hybridized carbons (Fsp3) is 0.800. The minimum Gasteiger partial charge on any atom is -0.550 e. The first kappa shape index (κ1) is 16.2. The average Bonchev–Trinajstić information content (AvgIpc) is 2.09. The number of carbonyl (C=O) groups excluding carboxylic acids is 2. The van der Waals surface area contributed by atoms with Crippen molar-refractivity contribution in [1.82, 2.24) is 0 Å². The van der Waals surface area contributed by atoms with E-state index in [1.165, 1.54) is 0 Å². The normalized spacial score (nSPS) is 9.14. The van der Waals surface area contributed by atoms with E-state index >= 15 is 0 Å². The number of aliphatic carboxylic acids is 1. The van der Waals surface area contributed by atoms with Gasteiger partial charge in [0.1, 0.15) is 6.29 Å². The second-order valence-electron chi connectivity index (χ2n) is 3.20. The number of carboxylic acid groups (broad SMARTS) is 1. The Morgan fingerprint density at radius 1 is 1.00 bits per heavy atom. The quantitative estimate of drug-likeness (QED) is 0.242. The fourth-order valence-electron chi connectivity index (χ4n) is 1.20. The number of hydrogen-bond donors (Lipinski definition) is 0. The van der Waals surface area contributed by atoms with Crippen LogP contribution in [0.15, 0.2) is 0 Å². The first-order valence-corrected chi connectivity index (χ1v) is 4.91. The average molecular weight is 192 g/mol. The van der Waals surface area contributed by atoms with Gasteiger partial charge in [0.15, 0.2) is 0 Å². The minimum atomic E-state index is -0.957. The molecule has 0 bridgehead atoms. The van der Waals surface area contributed by atoms with Crippen LogP contribution in [0.1, 0.15) is 51.4 Å². The van der Waals surface area contributed by atoms with Crippen molar-refractivity contribution in [3.05, 3.63) is 0 Å². The van der Waals surface area contributed by atoms with Crippen molar-refractivity contribution >= 4 is 12.3 Å². The molecule has 0 saturated carbocycles. The molecule has 0 atom stereocenters. The second-order valence-corrected chi connectivity index (χ2v) is 3.20. The molecule has 0 rings (SSSR count). The molecule has 0 aromatic heterocycles. The molecule has 0 heterocycles. The molecule has 0 aliphatic heterocycles. The molecular formula is C10H17LiO3. The number of rotatable bonds is 9. The molecule has 0 aliphatic carbocycles. The van der Waals surface area contributed by atoms with Crippen LogP contribution in [0.5, 0.6) is 0 Å². The molecule has 76 valence electrons. The zero-order valence-electron chi connectivity index (χ0n) is 8.96. The Kier molecular flexibility index (Phi) is 14.7. The predicted molar refractivity (Wildman–Crippen MR) is 48.0 cm³/mol. The topological polar surface area (TPSA) is 57.2 Å². The predicted octanol–water partition coefficient (Wildman–Crippen LogP) is -1.94. The summed E-state index contributed by atoms with van der Waals surface area (Å²) in [5.41, 5.74) is 0. The van der Waals surface area contributed by atoms with Gasteiger partial charge >= 0.3 is 18.9 Å². The van der Waals surface area contributed by atoms with Crippen LogP contribution >= 0.6 is 0 Å². The summed E-state index contributed by atoms with van der Waals surface area (Å²) in [7, 11) is 0. The Bertz CT molecular complexity index is 148. The van der Waals surface area contributed by atoms with E-state index < -0.39 is 5.97 Å². The van der Waals surface area contributed by atoms with Gasteiger partial charge in [-0.05, 0) is 19.3 Å². The molecule has 0 aromatic carbocycles. The van der Waals surface area contributed by atoms with Crippen molar-refractivity contribution in [3.63, 3.8) is 0 Å². The summed E-state index contributed by atoms with van der Waals surface area (Å²) in [5.74, 6) is -0.957. The van der Waals surface area contributed by atoms with Crippen molar-refractivity contribution in [1.29, 1.82) is 0 Å². The van der Waals surface area contributed by atoms with Gasteiger partial charge in [0.05, 0.1) is 0 Å². The summed E-state index contributed by atoms with van der Waals surface area (Å²) < 4.78 is 0. The van der Waals surface area contributed by atoms with Crippen LogP contribution in [0.25, 0.3) is 0 Å². The van der Waals surface area contributed by atoms with Gasteiger partial charge in [-0.3, -0.25) is 0 Å². The van der Waals surface area contributed by atoms with Gasteiger partial charge in [-0.25, -0.2) is 0 Å². The molecule has 4 heteroatoms. The Balaban J connectivity index is 0. The Morgan fingerprint density at radius 3 is 2.00 bits per heavy atom. The van der Waals surface area contributed by atoms with E-state index in [9.17, 15) is 14.7 Å². The van der Waals surface area contributed by atoms with Crippen LogP contribution in [0.4, 0.5) is 0 Å². The molecule has 0 fully saturated rings. The standard InChI is InChI=1S/C10H18O3.Li/c11-9-7-5-3-1-2-4-6-8-10(12)13;/h9H,1-8H2,(H,12,13);/q;+1/p-1. The van der Waals surface area contributed by atoms with Crippen molar-refractivity contribution in [2.24, 2.45) is 0 Å². The number of aldehydes is 1. The van der Waals surface area contributed by atoms with Crippen LogP contribution in [0.2, 0.25) is 0 Å². The SMILES string of the molecule is O=CCCCCCCCCC(=O)[O-].[Li+]. The molecule has 3 nitrogen and oxygen atoms in total. The maximum Gasteiger partial charge on any atom is 1.00 e. The molecule has 0 aromatic rings. The number of unbranched alkanes of at least 4 members (excludes halogenated alkanes) is 6. The molecule has 0 spiro atoms. The summed E-state index contributed by atoms with van der Waals surface area (Å²) >= 11 is 0. The largest absolute Gasteiger partial charge is 1.00 e. The molecule has 0 saturated heterocycles. The van der Waals surface area contributed by atoms with E-state index in [2.05, 4.69) is 0 Å². The van der Waals surface area contributed by atoms with E-state index in [4.69, 9.17) is 0 Å². The zero-order valence-corrected chi connectivity index (χ0v) is 8.96. The van der Waals surface area contributed by atoms with Crippen LogP contribution in [0, 0.1) is 0 Å². The van der Waals surface area contributed by atoms with Crippen molar-refractivity contribution < 1.29 is 33.6 Å². The van der Waals surface area contributed by atoms with Crippen molar-refractivity contribution in [2.45, 2.75) is 51.4 Å². The Morgan fingerprint density at radius 2 is 1.50 bits per heavy atom. The van der Waals surface area contributed by atoms with Crippen molar-refractivity contribution in [2.75, 3.05) is 0 Å². The summed E-state index contributed by atoms with van der Waals surface area (Å²) in [6.45, 7) is 0. The van der Waals surface area contributed by atoms with Crippen LogP contribution in [0.3, 0.4) is 0 Å². The molecule has 0 aliphatic rings. The first-order chi connectivity index (χ1) is 6.27. The van der Waals surface area contributed by atoms with Gasteiger partial charge in [-0.2, -0.15) is 0 Å². The van der Waals surface area contributed by atoms with E-state index in [0.29, 0.717) is 6.42 Å². The molecular weight excluding hydrogens is 175 g/mol. The van der Waals surface area contributed by atoms with Gasteiger partial charge in [0.25, 0.3) is 0 Å². The maximum atomic E-state index is 10.0. The second kappa shape index (κ2) is 12.7. The molecule has 0 N–H and O–H groups in total. The Hall–Kier alpha value is -0.263.